The second-order valence-corrected chi connectivity index (χ2v) is 6.81. The van der Waals surface area contributed by atoms with Crippen LogP contribution in [0.15, 0.2) is 41.6 Å². The minimum absolute atomic E-state index is 0.230. The Bertz CT molecular complexity index is 683. The van der Waals surface area contributed by atoms with Crippen LogP contribution in [0.25, 0.3) is 0 Å². The predicted octanol–water partition coefficient (Wildman–Crippen LogP) is 1.98. The highest BCUT2D eigenvalue weighted by molar-refractivity contribution is 7.89. The van der Waals surface area contributed by atoms with E-state index in [0.29, 0.717) is 5.69 Å². The first-order valence-electron chi connectivity index (χ1n) is 6.02. The third kappa shape index (κ3) is 3.03. The van der Waals surface area contributed by atoms with Crippen LogP contribution in [-0.2, 0) is 29.5 Å². The number of halogens is 1. The molecule has 0 radical (unpaired) electrons. The van der Waals surface area contributed by atoms with Gasteiger partial charge in [0.25, 0.3) is 0 Å². The Morgan fingerprint density at radius 3 is 2.70 bits per heavy atom. The van der Waals surface area contributed by atoms with E-state index in [-0.39, 0.29) is 17.3 Å². The summed E-state index contributed by atoms with van der Waals surface area (Å²) in [6.07, 6.45) is 3.21. The van der Waals surface area contributed by atoms with Crippen molar-refractivity contribution in [2.24, 2.45) is 7.05 Å². The fourth-order valence-electron chi connectivity index (χ4n) is 1.84. The molecule has 0 saturated heterocycles. The third-order valence-electron chi connectivity index (χ3n) is 3.04. The molecule has 0 aliphatic heterocycles. The lowest BCUT2D eigenvalue weighted by Crippen LogP contribution is -2.26. The maximum atomic E-state index is 12.5. The van der Waals surface area contributed by atoms with Crippen LogP contribution in [0, 0.1) is 0 Å². The van der Waals surface area contributed by atoms with Crippen LogP contribution in [0.2, 0.25) is 0 Å². The third-order valence-corrected chi connectivity index (χ3v) is 5.08. The van der Waals surface area contributed by atoms with Crippen molar-refractivity contribution in [2.75, 3.05) is 7.05 Å². The van der Waals surface area contributed by atoms with Crippen LogP contribution in [0.5, 0.6) is 0 Å². The predicted molar refractivity (Wildman–Crippen MR) is 77.9 cm³/mol. The van der Waals surface area contributed by atoms with Crippen LogP contribution in [-0.4, -0.2) is 29.3 Å². The number of aromatic nitrogens is 2. The first kappa shape index (κ1) is 15.0. The number of alkyl halides is 1. The Hall–Kier alpha value is -1.37. The van der Waals surface area contributed by atoms with Crippen molar-refractivity contribution in [1.82, 2.24) is 13.9 Å². The topological polar surface area (TPSA) is 55.2 Å². The normalized spacial score (nSPS) is 12.0. The van der Waals surface area contributed by atoms with Crippen LogP contribution < -0.4 is 0 Å². The summed E-state index contributed by atoms with van der Waals surface area (Å²) in [5.41, 5.74) is 1.46. The Labute approximate surface area is 123 Å². The van der Waals surface area contributed by atoms with Gasteiger partial charge in [-0.05, 0) is 18.2 Å². The average Bonchev–Trinajstić information content (AvgIpc) is 2.81. The van der Waals surface area contributed by atoms with E-state index in [1.165, 1.54) is 11.4 Å². The molecule has 0 N–H and O–H groups in total. The average molecular weight is 314 g/mol. The number of hydrogen-bond donors (Lipinski definition) is 0. The Morgan fingerprint density at radius 1 is 1.40 bits per heavy atom. The summed E-state index contributed by atoms with van der Waals surface area (Å²) in [6, 6.07) is 7.01. The first-order chi connectivity index (χ1) is 9.45. The molecule has 0 aromatic carbocycles. The highest BCUT2D eigenvalue weighted by atomic mass is 35.5. The van der Waals surface area contributed by atoms with Crippen molar-refractivity contribution in [2.45, 2.75) is 17.3 Å². The lowest BCUT2D eigenvalue weighted by Gasteiger charge is -2.15. The van der Waals surface area contributed by atoms with E-state index in [2.05, 4.69) is 4.98 Å². The molecule has 0 saturated carbocycles. The largest absolute Gasteiger partial charge is 0.352 e. The molecule has 20 heavy (non-hydrogen) atoms. The summed E-state index contributed by atoms with van der Waals surface area (Å²) in [4.78, 5) is 4.38. The molecule has 2 heterocycles. The highest BCUT2D eigenvalue weighted by Crippen LogP contribution is 2.19. The minimum Gasteiger partial charge on any atom is -0.352 e. The molecule has 0 atom stereocenters. The number of nitrogens with zero attached hydrogens (tertiary/aromatic N) is 3. The lowest BCUT2D eigenvalue weighted by molar-refractivity contribution is 0.462. The van der Waals surface area contributed by atoms with Crippen molar-refractivity contribution in [3.05, 3.63) is 48.0 Å². The molecular formula is C13H16ClN3O2S. The van der Waals surface area contributed by atoms with E-state index < -0.39 is 10.0 Å². The van der Waals surface area contributed by atoms with Gasteiger partial charge in [0.2, 0.25) is 10.0 Å². The summed E-state index contributed by atoms with van der Waals surface area (Å²) < 4.78 is 27.9. The van der Waals surface area contributed by atoms with Gasteiger partial charge in [0, 0.05) is 32.2 Å². The maximum absolute atomic E-state index is 12.5. The van der Waals surface area contributed by atoms with Gasteiger partial charge in [0.05, 0.1) is 18.1 Å². The summed E-state index contributed by atoms with van der Waals surface area (Å²) in [5, 5.41) is 0. The number of hydrogen-bond acceptors (Lipinski definition) is 3. The zero-order chi connectivity index (χ0) is 14.8. The van der Waals surface area contributed by atoms with Gasteiger partial charge in [-0.15, -0.1) is 11.6 Å². The van der Waals surface area contributed by atoms with E-state index in [1.54, 1.807) is 42.2 Å². The molecule has 0 bridgehead atoms. The molecule has 0 fully saturated rings. The van der Waals surface area contributed by atoms with Crippen molar-refractivity contribution >= 4 is 21.6 Å². The van der Waals surface area contributed by atoms with Gasteiger partial charge in [0.15, 0.2) is 0 Å². The summed E-state index contributed by atoms with van der Waals surface area (Å²) in [5.74, 6) is 0.274. The van der Waals surface area contributed by atoms with E-state index in [4.69, 9.17) is 11.6 Å². The van der Waals surface area contributed by atoms with Gasteiger partial charge in [0.1, 0.15) is 4.90 Å². The number of rotatable bonds is 5. The number of aryl methyl sites for hydroxylation is 1. The van der Waals surface area contributed by atoms with Gasteiger partial charge in [-0.25, -0.2) is 8.42 Å². The SMILES string of the molecule is CN(Cc1ccccn1)S(=O)(=O)c1cc(CCl)n(C)c1. The molecule has 0 amide bonds. The summed E-state index contributed by atoms with van der Waals surface area (Å²) in [6.45, 7) is 0.230. The molecule has 0 aliphatic carbocycles. The smallest absolute Gasteiger partial charge is 0.244 e. The Morgan fingerprint density at radius 2 is 2.15 bits per heavy atom. The second-order valence-electron chi connectivity index (χ2n) is 4.49. The Kier molecular flexibility index (Phi) is 4.47. The van der Waals surface area contributed by atoms with E-state index in [9.17, 15) is 8.42 Å². The van der Waals surface area contributed by atoms with Crippen molar-refractivity contribution < 1.29 is 8.42 Å². The fourth-order valence-corrected chi connectivity index (χ4v) is 3.34. The van der Waals surface area contributed by atoms with Crippen molar-refractivity contribution in [3.8, 4) is 0 Å². The van der Waals surface area contributed by atoms with Gasteiger partial charge in [-0.1, -0.05) is 6.07 Å². The van der Waals surface area contributed by atoms with Crippen LogP contribution in [0.3, 0.4) is 0 Å². The summed E-state index contributed by atoms with van der Waals surface area (Å²) in [7, 11) is -0.223. The molecule has 2 aromatic rings. The second kappa shape index (κ2) is 5.95. The molecule has 0 unspecified atom stereocenters. The standard InChI is InChI=1S/C13H16ClN3O2S/c1-16-10-13(7-12(16)8-14)20(18,19)17(2)9-11-5-3-4-6-15-11/h3-7,10H,8-9H2,1-2H3. The quantitative estimate of drug-likeness (QED) is 0.793. The Balaban J connectivity index is 2.25. The molecule has 5 nitrogen and oxygen atoms in total. The minimum atomic E-state index is -3.54. The molecular weight excluding hydrogens is 298 g/mol. The molecule has 7 heteroatoms. The van der Waals surface area contributed by atoms with E-state index >= 15 is 0 Å². The molecule has 2 rings (SSSR count). The number of sulfonamides is 1. The van der Waals surface area contributed by atoms with Gasteiger partial charge in [-0.2, -0.15) is 4.31 Å². The van der Waals surface area contributed by atoms with Crippen LogP contribution >= 0.6 is 11.6 Å². The zero-order valence-corrected chi connectivity index (χ0v) is 12.9. The first-order valence-corrected chi connectivity index (χ1v) is 8.00. The van der Waals surface area contributed by atoms with Crippen molar-refractivity contribution in [1.29, 1.82) is 0 Å². The molecule has 108 valence electrons. The molecule has 0 spiro atoms. The maximum Gasteiger partial charge on any atom is 0.244 e. The van der Waals surface area contributed by atoms with Gasteiger partial charge < -0.3 is 4.57 Å². The van der Waals surface area contributed by atoms with E-state index in [0.717, 1.165) is 5.69 Å². The molecule has 2 aromatic heterocycles. The van der Waals surface area contributed by atoms with E-state index in [1.807, 2.05) is 6.07 Å². The lowest BCUT2D eigenvalue weighted by atomic mass is 10.3. The monoisotopic (exact) mass is 313 g/mol. The highest BCUT2D eigenvalue weighted by Gasteiger charge is 2.23. The van der Waals surface area contributed by atoms with Crippen LogP contribution in [0.4, 0.5) is 0 Å². The molecule has 0 aliphatic rings. The summed E-state index contributed by atoms with van der Waals surface area (Å²) >= 11 is 5.77. The van der Waals surface area contributed by atoms with Gasteiger partial charge >= 0.3 is 0 Å². The van der Waals surface area contributed by atoms with Crippen LogP contribution in [0.1, 0.15) is 11.4 Å². The van der Waals surface area contributed by atoms with Gasteiger partial charge in [-0.3, -0.25) is 4.98 Å². The van der Waals surface area contributed by atoms with Crippen molar-refractivity contribution in [3.63, 3.8) is 0 Å². The number of pyridine rings is 1. The fraction of sp³-hybridized carbons (Fsp3) is 0.308. The zero-order valence-electron chi connectivity index (χ0n) is 11.3.